The van der Waals surface area contributed by atoms with Crippen molar-refractivity contribution in [1.29, 1.82) is 0 Å². The summed E-state index contributed by atoms with van der Waals surface area (Å²) in [6.45, 7) is 1.35. The van der Waals surface area contributed by atoms with E-state index >= 15 is 0 Å². The summed E-state index contributed by atoms with van der Waals surface area (Å²) in [6, 6.07) is 5.91. The fraction of sp³-hybridized carbons (Fsp3) is 0.368. The van der Waals surface area contributed by atoms with Crippen LogP contribution in [-0.4, -0.2) is 50.8 Å². The predicted molar refractivity (Wildman–Crippen MR) is 102 cm³/mol. The highest BCUT2D eigenvalue weighted by molar-refractivity contribution is 6.31. The molecule has 1 amide bonds. The quantitative estimate of drug-likeness (QED) is 0.692. The summed E-state index contributed by atoms with van der Waals surface area (Å²) in [6.07, 6.45) is 5.04. The van der Waals surface area contributed by atoms with Crippen molar-refractivity contribution in [3.63, 3.8) is 0 Å². The van der Waals surface area contributed by atoms with Gasteiger partial charge in [0.1, 0.15) is 5.56 Å². The predicted octanol–water partition coefficient (Wildman–Crippen LogP) is 3.05. The van der Waals surface area contributed by atoms with Crippen LogP contribution in [0.3, 0.4) is 0 Å². The number of aryl methyl sites for hydroxylation is 1. The number of carbonyl (C=O) groups excluding carboxylic acids is 1. The first-order valence-electron chi connectivity index (χ1n) is 8.84. The summed E-state index contributed by atoms with van der Waals surface area (Å²) in [5.41, 5.74) is 2.22. The van der Waals surface area contributed by atoms with Crippen LogP contribution in [0.4, 0.5) is 0 Å². The lowest BCUT2D eigenvalue weighted by Gasteiger charge is -2.31. The number of methoxy groups -OCH3 is 1. The second-order valence-electron chi connectivity index (χ2n) is 6.73. The van der Waals surface area contributed by atoms with Crippen molar-refractivity contribution in [2.75, 3.05) is 20.2 Å². The standard InChI is InChI=1S/C19H20ClN5O2/c1-24-11-15(18(23-24)27-2)19(26)25-7-5-12(6-8-25)16-4-3-13-9-14(20)10-21-17(13)22-16/h3-4,9-12H,5-8H2,1-2H3. The van der Waals surface area contributed by atoms with E-state index in [0.717, 1.165) is 23.9 Å². The molecule has 0 aromatic carbocycles. The average Bonchev–Trinajstić information content (AvgIpc) is 3.08. The summed E-state index contributed by atoms with van der Waals surface area (Å²) in [5, 5.41) is 5.70. The molecule has 0 atom stereocenters. The van der Waals surface area contributed by atoms with Gasteiger partial charge in [-0.3, -0.25) is 9.48 Å². The van der Waals surface area contributed by atoms with Gasteiger partial charge >= 0.3 is 0 Å². The Morgan fingerprint density at radius 2 is 2.07 bits per heavy atom. The van der Waals surface area contributed by atoms with Crippen LogP contribution in [-0.2, 0) is 7.05 Å². The molecule has 140 valence electrons. The zero-order valence-corrected chi connectivity index (χ0v) is 16.0. The van der Waals surface area contributed by atoms with Gasteiger partial charge in [0.15, 0.2) is 5.65 Å². The van der Waals surface area contributed by atoms with Gasteiger partial charge in [0.2, 0.25) is 5.88 Å². The number of likely N-dealkylation sites (tertiary alicyclic amines) is 1. The van der Waals surface area contributed by atoms with Crippen molar-refractivity contribution in [3.05, 3.63) is 46.9 Å². The van der Waals surface area contributed by atoms with Crippen molar-refractivity contribution in [1.82, 2.24) is 24.6 Å². The van der Waals surface area contributed by atoms with Gasteiger partial charge in [0, 0.05) is 49.5 Å². The number of pyridine rings is 2. The van der Waals surface area contributed by atoms with E-state index in [2.05, 4.69) is 10.1 Å². The number of halogens is 1. The fourth-order valence-corrected chi connectivity index (χ4v) is 3.71. The van der Waals surface area contributed by atoms with Crippen LogP contribution in [0.2, 0.25) is 5.02 Å². The molecule has 3 aromatic heterocycles. The summed E-state index contributed by atoms with van der Waals surface area (Å²) in [7, 11) is 3.30. The Labute approximate surface area is 161 Å². The second-order valence-corrected chi connectivity index (χ2v) is 7.17. The number of rotatable bonds is 3. The van der Waals surface area contributed by atoms with Gasteiger partial charge in [0.05, 0.1) is 12.1 Å². The third kappa shape index (κ3) is 3.47. The molecule has 0 unspecified atom stereocenters. The van der Waals surface area contributed by atoms with E-state index in [4.69, 9.17) is 21.3 Å². The molecule has 4 heterocycles. The van der Waals surface area contributed by atoms with Crippen molar-refractivity contribution in [2.24, 2.45) is 7.05 Å². The van der Waals surface area contributed by atoms with Crippen LogP contribution in [0, 0.1) is 0 Å². The maximum absolute atomic E-state index is 12.8. The molecule has 1 aliphatic heterocycles. The van der Waals surface area contributed by atoms with Gasteiger partial charge in [0.25, 0.3) is 5.91 Å². The topological polar surface area (TPSA) is 73.1 Å². The number of amides is 1. The Bertz CT molecular complexity index is 995. The highest BCUT2D eigenvalue weighted by atomic mass is 35.5. The first-order chi connectivity index (χ1) is 13.0. The highest BCUT2D eigenvalue weighted by Gasteiger charge is 2.28. The Morgan fingerprint density at radius 1 is 1.30 bits per heavy atom. The van der Waals surface area contributed by atoms with Gasteiger partial charge in [-0.05, 0) is 31.0 Å². The summed E-state index contributed by atoms with van der Waals surface area (Å²) in [5.74, 6) is 0.637. The Hall–Kier alpha value is -2.67. The zero-order valence-electron chi connectivity index (χ0n) is 15.2. The number of nitrogens with zero attached hydrogens (tertiary/aromatic N) is 5. The molecule has 0 aliphatic carbocycles. The van der Waals surface area contributed by atoms with E-state index in [0.29, 0.717) is 41.1 Å². The number of fused-ring (bicyclic) bond motifs is 1. The lowest BCUT2D eigenvalue weighted by atomic mass is 9.92. The second kappa shape index (κ2) is 7.15. The molecule has 1 saturated heterocycles. The minimum Gasteiger partial charge on any atom is -0.479 e. The lowest BCUT2D eigenvalue weighted by molar-refractivity contribution is 0.0708. The van der Waals surface area contributed by atoms with Crippen LogP contribution in [0.5, 0.6) is 5.88 Å². The Balaban J connectivity index is 1.47. The van der Waals surface area contributed by atoms with Crippen molar-refractivity contribution in [2.45, 2.75) is 18.8 Å². The maximum Gasteiger partial charge on any atom is 0.260 e. The van der Waals surface area contributed by atoms with Crippen LogP contribution in [0.25, 0.3) is 11.0 Å². The smallest absolute Gasteiger partial charge is 0.260 e. The van der Waals surface area contributed by atoms with Gasteiger partial charge in [-0.25, -0.2) is 9.97 Å². The number of hydrogen-bond donors (Lipinski definition) is 0. The fourth-order valence-electron chi connectivity index (χ4n) is 3.54. The molecule has 1 aliphatic rings. The van der Waals surface area contributed by atoms with E-state index in [1.165, 1.54) is 7.11 Å². The molecule has 1 fully saturated rings. The SMILES string of the molecule is COc1nn(C)cc1C(=O)N1CCC(c2ccc3cc(Cl)cnc3n2)CC1. The first-order valence-corrected chi connectivity index (χ1v) is 9.22. The molecule has 8 heteroatoms. The van der Waals surface area contributed by atoms with Gasteiger partial charge in [-0.15, -0.1) is 5.10 Å². The molecule has 3 aromatic rings. The van der Waals surface area contributed by atoms with E-state index < -0.39 is 0 Å². The summed E-state index contributed by atoms with van der Waals surface area (Å²) < 4.78 is 6.81. The number of ether oxygens (including phenoxy) is 1. The molecule has 0 N–H and O–H groups in total. The summed E-state index contributed by atoms with van der Waals surface area (Å²) in [4.78, 5) is 23.7. The zero-order chi connectivity index (χ0) is 19.0. The van der Waals surface area contributed by atoms with Crippen LogP contribution < -0.4 is 4.74 Å². The summed E-state index contributed by atoms with van der Waals surface area (Å²) >= 11 is 5.98. The molecule has 27 heavy (non-hydrogen) atoms. The Morgan fingerprint density at radius 3 is 2.81 bits per heavy atom. The van der Waals surface area contributed by atoms with Gasteiger partial charge in [-0.2, -0.15) is 0 Å². The molecule has 0 bridgehead atoms. The molecule has 7 nitrogen and oxygen atoms in total. The van der Waals surface area contributed by atoms with E-state index in [1.54, 1.807) is 24.1 Å². The molecular weight excluding hydrogens is 366 g/mol. The van der Waals surface area contributed by atoms with Crippen molar-refractivity contribution >= 4 is 28.5 Å². The van der Waals surface area contributed by atoms with Crippen molar-refractivity contribution < 1.29 is 9.53 Å². The van der Waals surface area contributed by atoms with E-state index in [-0.39, 0.29) is 5.91 Å². The van der Waals surface area contributed by atoms with Gasteiger partial charge in [-0.1, -0.05) is 11.6 Å². The average molecular weight is 386 g/mol. The van der Waals surface area contributed by atoms with E-state index in [1.807, 2.05) is 23.1 Å². The van der Waals surface area contributed by atoms with E-state index in [9.17, 15) is 4.79 Å². The third-order valence-corrected chi connectivity index (χ3v) is 5.16. The van der Waals surface area contributed by atoms with Gasteiger partial charge < -0.3 is 9.64 Å². The van der Waals surface area contributed by atoms with Crippen LogP contribution in [0.15, 0.2) is 30.6 Å². The molecule has 0 spiro atoms. The number of hydrogen-bond acceptors (Lipinski definition) is 5. The lowest BCUT2D eigenvalue weighted by Crippen LogP contribution is -2.38. The van der Waals surface area contributed by atoms with Crippen LogP contribution >= 0.6 is 11.6 Å². The number of aromatic nitrogens is 4. The molecule has 4 rings (SSSR count). The number of carbonyl (C=O) groups is 1. The minimum absolute atomic E-state index is 0.0406. The third-order valence-electron chi connectivity index (χ3n) is 4.95. The minimum atomic E-state index is -0.0406. The Kier molecular flexibility index (Phi) is 4.70. The molecule has 0 saturated carbocycles. The number of piperidine rings is 1. The van der Waals surface area contributed by atoms with Crippen molar-refractivity contribution in [3.8, 4) is 5.88 Å². The normalized spacial score (nSPS) is 15.3. The molecular formula is C19H20ClN5O2. The monoisotopic (exact) mass is 385 g/mol. The maximum atomic E-state index is 12.8. The molecule has 0 radical (unpaired) electrons. The largest absolute Gasteiger partial charge is 0.479 e. The highest BCUT2D eigenvalue weighted by Crippen LogP contribution is 2.29. The first kappa shape index (κ1) is 17.7. The van der Waals surface area contributed by atoms with Crippen LogP contribution in [0.1, 0.15) is 34.8 Å².